The summed E-state index contributed by atoms with van der Waals surface area (Å²) in [7, 11) is 3.22. The molecule has 0 bridgehead atoms. The van der Waals surface area contributed by atoms with Crippen molar-refractivity contribution < 1.29 is 43.6 Å². The summed E-state index contributed by atoms with van der Waals surface area (Å²) in [5, 5.41) is 27.2. The lowest BCUT2D eigenvalue weighted by molar-refractivity contribution is -0.253. The van der Waals surface area contributed by atoms with E-state index in [2.05, 4.69) is 30.1 Å². The molecule has 3 N–H and O–H groups in total. The van der Waals surface area contributed by atoms with E-state index in [-0.39, 0.29) is 50.6 Å². The number of aliphatic hydroxyl groups is 2. The van der Waals surface area contributed by atoms with Crippen molar-refractivity contribution in [2.45, 2.75) is 140 Å². The number of unbranched alkanes of at least 4 members (excludes halogenated alkanes) is 11. The minimum atomic E-state index is -1.41. The van der Waals surface area contributed by atoms with Crippen LogP contribution < -0.4 is 14.8 Å². The highest BCUT2D eigenvalue weighted by Gasteiger charge is 2.65. The summed E-state index contributed by atoms with van der Waals surface area (Å²) in [6, 6.07) is 14.3. The molecule has 2 aromatic carbocycles. The van der Waals surface area contributed by atoms with Crippen LogP contribution in [0.15, 0.2) is 78.0 Å². The second-order valence-corrected chi connectivity index (χ2v) is 17.1. The number of fused-ring (bicyclic) bond motifs is 2. The van der Waals surface area contributed by atoms with E-state index < -0.39 is 29.9 Å². The minimum Gasteiger partial charge on any atom is -0.459 e. The van der Waals surface area contributed by atoms with Gasteiger partial charge in [0.05, 0.1) is 18.2 Å². The van der Waals surface area contributed by atoms with E-state index >= 15 is 0 Å². The maximum Gasteiger partial charge on any atom is 0.412 e. The molecule has 0 saturated heterocycles. The van der Waals surface area contributed by atoms with E-state index in [0.717, 1.165) is 61.6 Å². The van der Waals surface area contributed by atoms with Gasteiger partial charge >= 0.3 is 12.2 Å². The van der Waals surface area contributed by atoms with Gasteiger partial charge in [-0.2, -0.15) is 0 Å². The van der Waals surface area contributed by atoms with Gasteiger partial charge < -0.3 is 44.2 Å². The largest absolute Gasteiger partial charge is 0.459 e. The smallest absolute Gasteiger partial charge is 0.412 e. The summed E-state index contributed by atoms with van der Waals surface area (Å²) < 4.78 is 25.9. The Kier molecular flexibility index (Phi) is 20.1. The number of likely N-dealkylation sites (N-methyl/N-ethyl adjacent to an activating group) is 1. The van der Waals surface area contributed by atoms with E-state index in [4.69, 9.17) is 23.8 Å². The van der Waals surface area contributed by atoms with Gasteiger partial charge in [-0.25, -0.2) is 9.59 Å². The summed E-state index contributed by atoms with van der Waals surface area (Å²) in [6.45, 7) is 7.18. The monoisotopic (exact) mass is 860 g/mol. The molecule has 3 aliphatic rings. The highest BCUT2D eigenvalue weighted by molar-refractivity contribution is 6.02. The van der Waals surface area contributed by atoms with Crippen molar-refractivity contribution in [3.63, 3.8) is 0 Å². The fraction of sp³-hybridized carbons (Fsp3) is 0.620. The van der Waals surface area contributed by atoms with Crippen molar-refractivity contribution in [3.05, 3.63) is 84.0 Å². The third kappa shape index (κ3) is 12.8. The van der Waals surface area contributed by atoms with Crippen molar-refractivity contribution in [2.75, 3.05) is 40.5 Å². The standard InChI is InChI=1S/C50H73N3O9/c1-5-7-8-9-10-11-12-13-14-20-29-51-48(56)61-39-27-28-44-42(34-39)46-40(26-19-22-31-55)38(25-18-21-30-54)33-41-43(52-58-4)35-45(50(62-44,47(41)46)60-32-6-2)53(3)49(57)59-36-37-23-16-15-17-24-37/h6,15-17,23-24,27-28,33-34,38,40,45-47,54-55H,2,5,7-14,18-22,25-26,29-32,35-36H2,1,3-4H3,(H,51,56)/t38-,40+,45-,46+,47+,50+/m0/s1. The third-order valence-corrected chi connectivity index (χ3v) is 12.8. The zero-order chi connectivity index (χ0) is 44.2. The first kappa shape index (κ1) is 48.6. The Morgan fingerprint density at radius 2 is 1.63 bits per heavy atom. The van der Waals surface area contributed by atoms with Gasteiger partial charge in [-0.3, -0.25) is 0 Å². The molecule has 1 saturated carbocycles. The van der Waals surface area contributed by atoms with Gasteiger partial charge in [-0.15, -0.1) is 6.58 Å². The molecule has 62 heavy (non-hydrogen) atoms. The molecule has 0 aromatic heterocycles. The maximum atomic E-state index is 14.0. The van der Waals surface area contributed by atoms with Crippen LogP contribution in [0.5, 0.6) is 11.5 Å². The van der Waals surface area contributed by atoms with Crippen LogP contribution >= 0.6 is 0 Å². The van der Waals surface area contributed by atoms with E-state index in [0.29, 0.717) is 36.6 Å². The summed E-state index contributed by atoms with van der Waals surface area (Å²) in [5.41, 5.74) is 3.33. The Morgan fingerprint density at radius 3 is 2.31 bits per heavy atom. The molecular formula is C50H73N3O9. The lowest BCUT2D eigenvalue weighted by atomic mass is 9.55. The first-order chi connectivity index (χ1) is 30.3. The molecule has 1 aliphatic heterocycles. The molecule has 0 unspecified atom stereocenters. The number of oxime groups is 1. The third-order valence-electron chi connectivity index (χ3n) is 12.8. The topological polar surface area (TPSA) is 148 Å². The molecule has 1 heterocycles. The SMILES string of the molecule is C=CCO[C@@]12Oc3ccc(OC(=O)NCCCCCCCCCCCC)cc3[C@H]3[C@H](CCCCO)[C@@H](CCCCO)C=C(C(=NOC)C[C@@H]1N(C)C(=O)OCc1ccccc1)[C@H]32. The molecular weight excluding hydrogens is 787 g/mol. The second-order valence-electron chi connectivity index (χ2n) is 17.1. The van der Waals surface area contributed by atoms with Crippen molar-refractivity contribution in [3.8, 4) is 11.5 Å². The number of rotatable bonds is 27. The molecule has 1 fully saturated rings. The van der Waals surface area contributed by atoms with Crippen molar-refractivity contribution in [2.24, 2.45) is 22.9 Å². The Labute approximate surface area is 370 Å². The number of benzene rings is 2. The fourth-order valence-electron chi connectivity index (χ4n) is 9.80. The quantitative estimate of drug-likeness (QED) is 0.0454. The van der Waals surface area contributed by atoms with E-state index in [9.17, 15) is 19.8 Å². The van der Waals surface area contributed by atoms with Gasteiger partial charge in [0.15, 0.2) is 0 Å². The molecule has 0 spiro atoms. The van der Waals surface area contributed by atoms with Gasteiger partial charge in [0.1, 0.15) is 31.3 Å². The van der Waals surface area contributed by atoms with Crippen LogP contribution in [0.25, 0.3) is 0 Å². The number of hydrogen-bond acceptors (Lipinski definition) is 10. The molecule has 12 nitrogen and oxygen atoms in total. The predicted molar refractivity (Wildman–Crippen MR) is 242 cm³/mol. The lowest BCUT2D eigenvalue weighted by Gasteiger charge is -2.59. The van der Waals surface area contributed by atoms with Gasteiger partial charge in [-0.1, -0.05) is 125 Å². The van der Waals surface area contributed by atoms with Crippen molar-refractivity contribution >= 4 is 17.9 Å². The van der Waals surface area contributed by atoms with Crippen LogP contribution in [-0.4, -0.2) is 85.4 Å². The normalized spacial score (nSPS) is 23.0. The Morgan fingerprint density at radius 1 is 0.935 bits per heavy atom. The molecule has 342 valence electrons. The molecule has 2 amide bonds. The number of nitrogens with one attached hydrogen (secondary N) is 1. The van der Waals surface area contributed by atoms with Crippen LogP contribution in [0, 0.1) is 17.8 Å². The molecule has 2 aliphatic carbocycles. The second kappa shape index (κ2) is 25.7. The molecule has 6 atom stereocenters. The number of allylic oxidation sites excluding steroid dienone is 1. The van der Waals surface area contributed by atoms with E-state index in [1.165, 1.54) is 52.1 Å². The Bertz CT molecular complexity index is 1750. The number of hydrogen-bond donors (Lipinski definition) is 3. The fourth-order valence-corrected chi connectivity index (χ4v) is 9.80. The minimum absolute atomic E-state index is 0.0293. The summed E-state index contributed by atoms with van der Waals surface area (Å²) in [4.78, 5) is 34.3. The Hall–Kier alpha value is -4.39. The van der Waals surface area contributed by atoms with Gasteiger partial charge in [0.25, 0.3) is 0 Å². The first-order valence-corrected chi connectivity index (χ1v) is 23.3. The van der Waals surface area contributed by atoms with E-state index in [1.54, 1.807) is 24.1 Å². The number of carbonyl (C=O) groups is 2. The van der Waals surface area contributed by atoms with Crippen LogP contribution in [0.3, 0.4) is 0 Å². The molecule has 12 heteroatoms. The predicted octanol–water partition coefficient (Wildman–Crippen LogP) is 10.2. The summed E-state index contributed by atoms with van der Waals surface area (Å²) in [6.07, 6.45) is 19.9. The molecule has 0 radical (unpaired) electrons. The van der Waals surface area contributed by atoms with Crippen LogP contribution in [0.4, 0.5) is 9.59 Å². The van der Waals surface area contributed by atoms with Crippen LogP contribution in [0.1, 0.15) is 133 Å². The van der Waals surface area contributed by atoms with Crippen LogP contribution in [0.2, 0.25) is 0 Å². The summed E-state index contributed by atoms with van der Waals surface area (Å²) in [5.74, 6) is -1.08. The Balaban J connectivity index is 1.47. The average Bonchev–Trinajstić information content (AvgIpc) is 3.28. The van der Waals surface area contributed by atoms with E-state index in [1.807, 2.05) is 42.5 Å². The maximum absolute atomic E-state index is 14.0. The number of carbonyl (C=O) groups excluding carboxylic acids is 2. The van der Waals surface area contributed by atoms with Crippen molar-refractivity contribution in [1.82, 2.24) is 10.2 Å². The number of ether oxygens (including phenoxy) is 4. The lowest BCUT2D eigenvalue weighted by Crippen LogP contribution is -2.69. The zero-order valence-electron chi connectivity index (χ0n) is 37.6. The van der Waals surface area contributed by atoms with Gasteiger partial charge in [0.2, 0.25) is 5.79 Å². The average molecular weight is 860 g/mol. The first-order valence-electron chi connectivity index (χ1n) is 23.3. The molecule has 2 aromatic rings. The summed E-state index contributed by atoms with van der Waals surface area (Å²) >= 11 is 0. The van der Waals surface area contributed by atoms with Crippen LogP contribution in [-0.2, 0) is 20.9 Å². The number of amides is 2. The number of nitrogens with zero attached hydrogens (tertiary/aromatic N) is 2. The van der Waals surface area contributed by atoms with Crippen molar-refractivity contribution in [1.29, 1.82) is 0 Å². The number of aliphatic hydroxyl groups excluding tert-OH is 2. The van der Waals surface area contributed by atoms with Gasteiger partial charge in [0, 0.05) is 44.7 Å². The zero-order valence-corrected chi connectivity index (χ0v) is 37.6. The highest BCUT2D eigenvalue weighted by Crippen LogP contribution is 2.61. The highest BCUT2D eigenvalue weighted by atomic mass is 16.7. The molecule has 5 rings (SSSR count). The van der Waals surface area contributed by atoms with Gasteiger partial charge in [-0.05, 0) is 73.3 Å².